The number of furan rings is 1. The van der Waals surface area contributed by atoms with Gasteiger partial charge in [0.15, 0.2) is 0 Å². The number of hydrogen-bond donors (Lipinski definition) is 3. The van der Waals surface area contributed by atoms with E-state index in [0.717, 1.165) is 27.9 Å². The highest BCUT2D eigenvalue weighted by Crippen LogP contribution is 2.36. The van der Waals surface area contributed by atoms with E-state index in [0.29, 0.717) is 28.4 Å². The molecule has 4 aromatic rings. The van der Waals surface area contributed by atoms with Gasteiger partial charge in [-0.2, -0.15) is 0 Å². The quantitative estimate of drug-likeness (QED) is 0.456. The molecule has 0 spiro atoms. The molecule has 0 aliphatic rings. The van der Waals surface area contributed by atoms with Crippen LogP contribution in [0.1, 0.15) is 16.9 Å². The predicted octanol–water partition coefficient (Wildman–Crippen LogP) is 5.04. The average molecular weight is 387 g/mol. The van der Waals surface area contributed by atoms with Crippen LogP contribution in [0, 0.1) is 20.8 Å². The molecule has 0 atom stereocenters. The molecule has 146 valence electrons. The van der Waals surface area contributed by atoms with Gasteiger partial charge in [0.1, 0.15) is 17.9 Å². The van der Waals surface area contributed by atoms with E-state index in [2.05, 4.69) is 26.7 Å². The van der Waals surface area contributed by atoms with E-state index in [1.165, 1.54) is 6.33 Å². The van der Waals surface area contributed by atoms with E-state index in [1.54, 1.807) is 0 Å². The van der Waals surface area contributed by atoms with Crippen molar-refractivity contribution in [3.63, 3.8) is 0 Å². The third kappa shape index (κ3) is 3.75. The molecule has 2 amide bonds. The molecule has 0 aliphatic carbocycles. The number of aromatic nitrogens is 2. The summed E-state index contributed by atoms with van der Waals surface area (Å²) in [5.74, 6) is 1.08. The first-order chi connectivity index (χ1) is 13.9. The van der Waals surface area contributed by atoms with Crippen molar-refractivity contribution in [3.8, 4) is 11.1 Å². The molecule has 0 aliphatic heterocycles. The molecule has 0 saturated heterocycles. The van der Waals surface area contributed by atoms with Crippen LogP contribution in [0.25, 0.3) is 22.2 Å². The van der Waals surface area contributed by atoms with Crippen molar-refractivity contribution in [2.24, 2.45) is 0 Å². The highest BCUT2D eigenvalue weighted by atomic mass is 16.3. The van der Waals surface area contributed by atoms with Crippen LogP contribution in [-0.4, -0.2) is 16.0 Å². The number of nitrogens with zero attached hydrogens (tertiary/aromatic N) is 2. The molecular formula is C22H21N5O2. The minimum atomic E-state index is -0.301. The molecule has 4 rings (SSSR count). The molecule has 2 aromatic heterocycles. The van der Waals surface area contributed by atoms with Gasteiger partial charge in [-0.15, -0.1) is 0 Å². The average Bonchev–Trinajstić information content (AvgIpc) is 2.98. The van der Waals surface area contributed by atoms with E-state index < -0.39 is 0 Å². The number of benzene rings is 2. The minimum absolute atomic E-state index is 0.301. The SMILES string of the molecule is Cc1cc(C)cc(NC(=O)Nc2ccc(-c3c(C)oc4ncnc(N)c34)cc2)c1. The van der Waals surface area contributed by atoms with Gasteiger partial charge in [-0.3, -0.25) is 0 Å². The lowest BCUT2D eigenvalue weighted by Crippen LogP contribution is -2.19. The standard InChI is InChI=1S/C22H21N5O2/c1-12-8-13(2)10-17(9-12)27-22(28)26-16-6-4-15(5-7-16)18-14(3)29-21-19(18)20(23)24-11-25-21/h4-11H,1-3H3,(H2,23,24,25)(H2,26,27,28). The summed E-state index contributed by atoms with van der Waals surface area (Å²) in [5.41, 5.74) is 11.9. The predicted molar refractivity (Wildman–Crippen MR) is 115 cm³/mol. The van der Waals surface area contributed by atoms with Crippen LogP contribution in [0.3, 0.4) is 0 Å². The van der Waals surface area contributed by atoms with E-state index >= 15 is 0 Å². The normalized spacial score (nSPS) is 10.9. The summed E-state index contributed by atoms with van der Waals surface area (Å²) < 4.78 is 5.70. The Balaban J connectivity index is 1.54. The van der Waals surface area contributed by atoms with Gasteiger partial charge in [0.25, 0.3) is 0 Å². The maximum atomic E-state index is 12.3. The highest BCUT2D eigenvalue weighted by Gasteiger charge is 2.17. The lowest BCUT2D eigenvalue weighted by Gasteiger charge is -2.10. The highest BCUT2D eigenvalue weighted by molar-refractivity contribution is 6.02. The monoisotopic (exact) mass is 387 g/mol. The number of nitrogens with two attached hydrogens (primary N) is 1. The molecule has 4 N–H and O–H groups in total. The van der Waals surface area contributed by atoms with Crippen LogP contribution in [0.15, 0.2) is 53.2 Å². The molecule has 7 heteroatoms. The Morgan fingerprint density at radius 3 is 2.28 bits per heavy atom. The summed E-state index contributed by atoms with van der Waals surface area (Å²) in [4.78, 5) is 20.5. The summed E-state index contributed by atoms with van der Waals surface area (Å²) >= 11 is 0. The smallest absolute Gasteiger partial charge is 0.323 e. The zero-order valence-electron chi connectivity index (χ0n) is 16.4. The second kappa shape index (κ2) is 7.27. The van der Waals surface area contributed by atoms with Crippen molar-refractivity contribution in [1.29, 1.82) is 0 Å². The van der Waals surface area contributed by atoms with Crippen LogP contribution in [0.5, 0.6) is 0 Å². The van der Waals surface area contributed by atoms with Gasteiger partial charge in [-0.1, -0.05) is 18.2 Å². The van der Waals surface area contributed by atoms with Crippen molar-refractivity contribution in [3.05, 3.63) is 65.7 Å². The molecule has 0 bridgehead atoms. The molecular weight excluding hydrogens is 366 g/mol. The van der Waals surface area contributed by atoms with Gasteiger partial charge >= 0.3 is 6.03 Å². The number of carbonyl (C=O) groups excluding carboxylic acids is 1. The number of carbonyl (C=O) groups is 1. The number of nitrogen functional groups attached to an aromatic ring is 1. The van der Waals surface area contributed by atoms with Gasteiger partial charge in [0.05, 0.1) is 5.39 Å². The lowest BCUT2D eigenvalue weighted by atomic mass is 10.0. The van der Waals surface area contributed by atoms with Crippen molar-refractivity contribution in [1.82, 2.24) is 9.97 Å². The number of aryl methyl sites for hydroxylation is 3. The fourth-order valence-corrected chi connectivity index (χ4v) is 3.47. The second-order valence-corrected chi connectivity index (χ2v) is 7.01. The van der Waals surface area contributed by atoms with Gasteiger partial charge < -0.3 is 20.8 Å². The van der Waals surface area contributed by atoms with Gasteiger partial charge in [0, 0.05) is 16.9 Å². The first-order valence-electron chi connectivity index (χ1n) is 9.17. The van der Waals surface area contributed by atoms with Crippen LogP contribution in [-0.2, 0) is 0 Å². The Morgan fingerprint density at radius 1 is 0.931 bits per heavy atom. The summed E-state index contributed by atoms with van der Waals surface area (Å²) in [5, 5.41) is 6.39. The topological polar surface area (TPSA) is 106 Å². The van der Waals surface area contributed by atoms with Crippen LogP contribution >= 0.6 is 0 Å². The van der Waals surface area contributed by atoms with E-state index in [9.17, 15) is 4.79 Å². The van der Waals surface area contributed by atoms with E-state index in [-0.39, 0.29) is 6.03 Å². The van der Waals surface area contributed by atoms with Gasteiger partial charge in [-0.25, -0.2) is 14.8 Å². The van der Waals surface area contributed by atoms with Gasteiger partial charge in [-0.05, 0) is 61.7 Å². The number of urea groups is 1. The number of fused-ring (bicyclic) bond motifs is 1. The minimum Gasteiger partial charge on any atom is -0.442 e. The Morgan fingerprint density at radius 2 is 1.59 bits per heavy atom. The van der Waals surface area contributed by atoms with Crippen molar-refractivity contribution in [2.45, 2.75) is 20.8 Å². The first-order valence-corrected chi connectivity index (χ1v) is 9.17. The molecule has 0 fully saturated rings. The number of rotatable bonds is 3. The van der Waals surface area contributed by atoms with Crippen LogP contribution in [0.4, 0.5) is 22.0 Å². The summed E-state index contributed by atoms with van der Waals surface area (Å²) in [6, 6.07) is 13.1. The molecule has 29 heavy (non-hydrogen) atoms. The lowest BCUT2D eigenvalue weighted by molar-refractivity contribution is 0.262. The van der Waals surface area contributed by atoms with Crippen molar-refractivity contribution in [2.75, 3.05) is 16.4 Å². The summed E-state index contributed by atoms with van der Waals surface area (Å²) in [6.07, 6.45) is 1.38. The zero-order valence-corrected chi connectivity index (χ0v) is 16.4. The largest absolute Gasteiger partial charge is 0.442 e. The summed E-state index contributed by atoms with van der Waals surface area (Å²) in [7, 11) is 0. The second-order valence-electron chi connectivity index (χ2n) is 7.01. The Bertz CT molecular complexity index is 1190. The number of hydrogen-bond acceptors (Lipinski definition) is 5. The number of anilines is 3. The third-order valence-corrected chi connectivity index (χ3v) is 4.60. The van der Waals surface area contributed by atoms with E-state index in [4.69, 9.17) is 10.2 Å². The third-order valence-electron chi connectivity index (χ3n) is 4.60. The Kier molecular flexibility index (Phi) is 4.64. The summed E-state index contributed by atoms with van der Waals surface area (Å²) in [6.45, 7) is 5.85. The maximum Gasteiger partial charge on any atom is 0.323 e. The Hall–Kier alpha value is -3.87. The van der Waals surface area contributed by atoms with E-state index in [1.807, 2.05) is 57.2 Å². The molecule has 2 heterocycles. The maximum absolute atomic E-state index is 12.3. The van der Waals surface area contributed by atoms with Crippen LogP contribution in [0.2, 0.25) is 0 Å². The van der Waals surface area contributed by atoms with Gasteiger partial charge in [0.2, 0.25) is 5.71 Å². The first kappa shape index (κ1) is 18.5. The van der Waals surface area contributed by atoms with Crippen molar-refractivity contribution >= 4 is 34.3 Å². The molecule has 0 unspecified atom stereocenters. The fraction of sp³-hybridized carbons (Fsp3) is 0.136. The fourth-order valence-electron chi connectivity index (χ4n) is 3.47. The molecule has 0 saturated carbocycles. The van der Waals surface area contributed by atoms with Crippen molar-refractivity contribution < 1.29 is 9.21 Å². The molecule has 2 aromatic carbocycles. The number of amides is 2. The Labute approximate surface area is 168 Å². The van der Waals surface area contributed by atoms with Crippen LogP contribution < -0.4 is 16.4 Å². The number of nitrogens with one attached hydrogen (secondary N) is 2. The molecule has 7 nitrogen and oxygen atoms in total. The zero-order chi connectivity index (χ0) is 20.5. The molecule has 0 radical (unpaired) electrons.